The van der Waals surface area contributed by atoms with Crippen molar-refractivity contribution in [3.05, 3.63) is 34.2 Å². The first-order chi connectivity index (χ1) is 12.1. The smallest absolute Gasteiger partial charge is 0.268 e. The largest absolute Gasteiger partial charge is 0.354 e. The van der Waals surface area contributed by atoms with Gasteiger partial charge in [0.15, 0.2) is 5.78 Å². The average Bonchev–Trinajstić information content (AvgIpc) is 3.17. The number of rotatable bonds is 4. The number of hydrogen-bond acceptors (Lipinski definition) is 4. The van der Waals surface area contributed by atoms with Gasteiger partial charge in [-0.25, -0.2) is 0 Å². The number of hydrogen-bond donors (Lipinski definition) is 2. The van der Waals surface area contributed by atoms with E-state index in [-0.39, 0.29) is 11.7 Å². The maximum atomic E-state index is 12.5. The molecule has 1 aliphatic heterocycles. The fourth-order valence-electron chi connectivity index (χ4n) is 3.93. The van der Waals surface area contributed by atoms with Gasteiger partial charge in [-0.2, -0.15) is 0 Å². The molecule has 0 bridgehead atoms. The van der Waals surface area contributed by atoms with Gasteiger partial charge in [-0.3, -0.25) is 9.59 Å². The summed E-state index contributed by atoms with van der Waals surface area (Å²) in [6.07, 6.45) is 6.24. The van der Waals surface area contributed by atoms with Crippen molar-refractivity contribution in [2.24, 2.45) is 0 Å². The minimum Gasteiger partial charge on any atom is -0.354 e. The molecule has 2 aliphatic rings. The van der Waals surface area contributed by atoms with Crippen LogP contribution in [0.1, 0.15) is 69.4 Å². The molecular formula is C18H23N5O2. The molecule has 25 heavy (non-hydrogen) atoms. The maximum Gasteiger partial charge on any atom is 0.268 e. The van der Waals surface area contributed by atoms with Crippen molar-refractivity contribution in [1.29, 1.82) is 0 Å². The van der Waals surface area contributed by atoms with E-state index < -0.39 is 0 Å². The fourth-order valence-corrected chi connectivity index (χ4v) is 3.93. The number of aryl methyl sites for hydroxylation is 2. The zero-order chi connectivity index (χ0) is 17.4. The molecule has 0 radical (unpaired) electrons. The summed E-state index contributed by atoms with van der Waals surface area (Å²) in [4.78, 5) is 27.7. The number of carbonyl (C=O) groups excluding carboxylic acids is 2. The second-order valence-corrected chi connectivity index (χ2v) is 6.90. The van der Waals surface area contributed by atoms with Crippen LogP contribution in [0.15, 0.2) is 0 Å². The number of aromatic nitrogens is 4. The average molecular weight is 341 g/mol. The lowest BCUT2D eigenvalue weighted by molar-refractivity contribution is 0.0947. The monoisotopic (exact) mass is 341 g/mol. The van der Waals surface area contributed by atoms with Crippen molar-refractivity contribution in [2.75, 3.05) is 6.54 Å². The molecule has 0 spiro atoms. The molecule has 2 N–H and O–H groups in total. The third-order valence-electron chi connectivity index (χ3n) is 5.23. The van der Waals surface area contributed by atoms with E-state index in [0.29, 0.717) is 25.1 Å². The van der Waals surface area contributed by atoms with Crippen LogP contribution >= 0.6 is 0 Å². The van der Waals surface area contributed by atoms with Gasteiger partial charge in [0.05, 0.1) is 0 Å². The van der Waals surface area contributed by atoms with Crippen molar-refractivity contribution >= 4 is 11.7 Å². The van der Waals surface area contributed by atoms with Crippen LogP contribution in [0.3, 0.4) is 0 Å². The molecule has 7 heteroatoms. The highest BCUT2D eigenvalue weighted by molar-refractivity contribution is 6.04. The Hall–Kier alpha value is -2.44. The van der Waals surface area contributed by atoms with Crippen LogP contribution < -0.4 is 5.32 Å². The number of amides is 1. The number of nitrogens with zero attached hydrogens (tertiary/aromatic N) is 3. The Bertz CT molecular complexity index is 833. The van der Waals surface area contributed by atoms with Crippen molar-refractivity contribution in [3.63, 3.8) is 0 Å². The number of nitrogens with one attached hydrogen (secondary N) is 2. The molecule has 7 nitrogen and oxygen atoms in total. The van der Waals surface area contributed by atoms with E-state index in [2.05, 4.69) is 25.1 Å². The molecule has 4 rings (SSSR count). The molecule has 3 heterocycles. The first-order valence-corrected chi connectivity index (χ1v) is 9.09. The first-order valence-electron chi connectivity index (χ1n) is 9.09. The molecule has 0 saturated carbocycles. The van der Waals surface area contributed by atoms with E-state index in [1.807, 2.05) is 6.92 Å². The summed E-state index contributed by atoms with van der Waals surface area (Å²) >= 11 is 0. The Morgan fingerprint density at radius 2 is 2.08 bits per heavy atom. The quantitative estimate of drug-likeness (QED) is 0.886. The predicted molar refractivity (Wildman–Crippen MR) is 91.8 cm³/mol. The Balaban J connectivity index is 1.41. The van der Waals surface area contributed by atoms with Gasteiger partial charge in [-0.1, -0.05) is 0 Å². The number of H-pyrrole nitrogens is 1. The van der Waals surface area contributed by atoms with Crippen molar-refractivity contribution in [3.8, 4) is 0 Å². The van der Waals surface area contributed by atoms with Gasteiger partial charge in [0.1, 0.15) is 17.3 Å². The van der Waals surface area contributed by atoms with E-state index in [1.165, 1.54) is 6.42 Å². The maximum absolute atomic E-state index is 12.5. The molecule has 0 aromatic carbocycles. The standard InChI is InChI=1S/C18H23N5O2/c1-11-16-12(5-4-6-13(16)24)20-17(11)18(25)19-9-8-15-22-21-14-7-2-3-10-23(14)15/h20H,2-10H2,1H3,(H,19,25). The van der Waals surface area contributed by atoms with Gasteiger partial charge in [0.2, 0.25) is 0 Å². The summed E-state index contributed by atoms with van der Waals surface area (Å²) in [6, 6.07) is 0. The molecular weight excluding hydrogens is 318 g/mol. The molecule has 0 fully saturated rings. The first kappa shape index (κ1) is 16.1. The number of Topliss-reactive ketones (excluding diaryl/α,β-unsaturated/α-hetero) is 1. The van der Waals surface area contributed by atoms with Crippen LogP contribution in [0.4, 0.5) is 0 Å². The molecule has 1 aliphatic carbocycles. The molecule has 132 valence electrons. The molecule has 0 unspecified atom stereocenters. The van der Waals surface area contributed by atoms with Crippen LogP contribution in [0.2, 0.25) is 0 Å². The Morgan fingerprint density at radius 3 is 2.92 bits per heavy atom. The van der Waals surface area contributed by atoms with Crippen LogP contribution in [-0.4, -0.2) is 38.0 Å². The van der Waals surface area contributed by atoms with E-state index in [1.54, 1.807) is 0 Å². The Kier molecular flexibility index (Phi) is 4.15. The fraction of sp³-hybridized carbons (Fsp3) is 0.556. The molecule has 1 amide bonds. The van der Waals surface area contributed by atoms with Gasteiger partial charge in [0.25, 0.3) is 5.91 Å². The van der Waals surface area contributed by atoms with E-state index >= 15 is 0 Å². The highest BCUT2D eigenvalue weighted by atomic mass is 16.2. The zero-order valence-electron chi connectivity index (χ0n) is 14.5. The SMILES string of the molecule is Cc1c(C(=O)NCCc2nnc3n2CCCC3)[nH]c2c1C(=O)CCC2. The molecule has 0 saturated heterocycles. The lowest BCUT2D eigenvalue weighted by Gasteiger charge is -2.14. The minimum atomic E-state index is -0.155. The van der Waals surface area contributed by atoms with Crippen LogP contribution in [0.25, 0.3) is 0 Å². The second-order valence-electron chi connectivity index (χ2n) is 6.90. The third kappa shape index (κ3) is 2.88. The summed E-state index contributed by atoms with van der Waals surface area (Å²) < 4.78 is 2.17. The summed E-state index contributed by atoms with van der Waals surface area (Å²) in [5.41, 5.74) is 2.92. The topological polar surface area (TPSA) is 92.7 Å². The normalized spacial score (nSPS) is 16.4. The number of aromatic amines is 1. The third-order valence-corrected chi connectivity index (χ3v) is 5.23. The number of ketones is 1. The summed E-state index contributed by atoms with van der Waals surface area (Å²) in [5.74, 6) is 1.98. The van der Waals surface area contributed by atoms with Gasteiger partial charge >= 0.3 is 0 Å². The van der Waals surface area contributed by atoms with Gasteiger partial charge in [-0.15, -0.1) is 10.2 Å². The zero-order valence-corrected chi connectivity index (χ0v) is 14.5. The van der Waals surface area contributed by atoms with Crippen molar-refractivity contribution < 1.29 is 9.59 Å². The van der Waals surface area contributed by atoms with Crippen LogP contribution in [0, 0.1) is 6.92 Å². The van der Waals surface area contributed by atoms with Gasteiger partial charge in [-0.05, 0) is 38.2 Å². The Labute approximate surface area is 146 Å². The number of carbonyl (C=O) groups is 2. The van der Waals surface area contributed by atoms with Crippen molar-refractivity contribution in [1.82, 2.24) is 25.1 Å². The predicted octanol–water partition coefficient (Wildman–Crippen LogP) is 1.74. The lowest BCUT2D eigenvalue weighted by atomic mass is 9.94. The second kappa shape index (κ2) is 6.46. The van der Waals surface area contributed by atoms with E-state index in [9.17, 15) is 9.59 Å². The molecule has 2 aromatic rings. The summed E-state index contributed by atoms with van der Waals surface area (Å²) in [5, 5.41) is 11.4. The van der Waals surface area contributed by atoms with Crippen LogP contribution in [0.5, 0.6) is 0 Å². The minimum absolute atomic E-state index is 0.143. The summed E-state index contributed by atoms with van der Waals surface area (Å²) in [7, 11) is 0. The molecule has 2 aromatic heterocycles. The van der Waals surface area contributed by atoms with E-state index in [4.69, 9.17) is 0 Å². The highest BCUT2D eigenvalue weighted by Crippen LogP contribution is 2.26. The highest BCUT2D eigenvalue weighted by Gasteiger charge is 2.26. The van der Waals surface area contributed by atoms with Crippen LogP contribution in [-0.2, 0) is 25.8 Å². The lowest BCUT2D eigenvalue weighted by Crippen LogP contribution is -2.27. The molecule has 0 atom stereocenters. The van der Waals surface area contributed by atoms with Gasteiger partial charge in [0, 0.05) is 43.6 Å². The summed E-state index contributed by atoms with van der Waals surface area (Å²) in [6.45, 7) is 3.33. The van der Waals surface area contributed by atoms with E-state index in [0.717, 1.165) is 60.7 Å². The Morgan fingerprint density at radius 1 is 1.20 bits per heavy atom. The van der Waals surface area contributed by atoms with Crippen molar-refractivity contribution in [2.45, 2.75) is 58.4 Å². The number of fused-ring (bicyclic) bond motifs is 2. The van der Waals surface area contributed by atoms with Gasteiger partial charge < -0.3 is 14.9 Å².